The number of carbonyl (C=O) groups is 1. The van der Waals surface area contributed by atoms with Gasteiger partial charge in [0, 0.05) is 17.7 Å². The second kappa shape index (κ2) is 6.59. The van der Waals surface area contributed by atoms with Crippen molar-refractivity contribution in [2.45, 2.75) is 41.7 Å². The van der Waals surface area contributed by atoms with Crippen molar-refractivity contribution in [2.24, 2.45) is 0 Å². The molecule has 2 atom stereocenters. The van der Waals surface area contributed by atoms with Crippen molar-refractivity contribution >= 4 is 29.1 Å². The Hall–Kier alpha value is -0.520. The number of esters is 1. The smallest absolute Gasteiger partial charge is 0.305 e. The van der Waals surface area contributed by atoms with Crippen molar-refractivity contribution in [3.63, 3.8) is 0 Å². The Balaban J connectivity index is 1.82. The van der Waals surface area contributed by atoms with E-state index in [1.807, 2.05) is 23.1 Å². The molecule has 0 radical (unpaired) electrons. The summed E-state index contributed by atoms with van der Waals surface area (Å²) in [6.45, 7) is 3.14. The molecule has 0 aliphatic carbocycles. The Bertz CT molecular complexity index is 405. The molecule has 1 aliphatic rings. The van der Waals surface area contributed by atoms with Crippen LogP contribution in [0.5, 0.6) is 0 Å². The van der Waals surface area contributed by atoms with Gasteiger partial charge < -0.3 is 10.1 Å². The van der Waals surface area contributed by atoms with Crippen LogP contribution in [0, 0.1) is 0 Å². The number of hydrogen-bond donors (Lipinski definition) is 1. The van der Waals surface area contributed by atoms with Gasteiger partial charge in [-0.1, -0.05) is 6.92 Å². The van der Waals surface area contributed by atoms with E-state index < -0.39 is 0 Å². The summed E-state index contributed by atoms with van der Waals surface area (Å²) in [5.74, 6) is -0.124. The molecule has 0 saturated carbocycles. The molecule has 1 N–H and O–H groups in total. The van der Waals surface area contributed by atoms with Crippen LogP contribution in [-0.4, -0.2) is 24.9 Å². The number of carbonyl (C=O) groups excluding carboxylic acids is 1. The van der Waals surface area contributed by atoms with Crippen molar-refractivity contribution in [1.29, 1.82) is 0 Å². The number of thiophene rings is 1. The average molecular weight is 285 g/mol. The first-order valence-electron chi connectivity index (χ1n) is 6.25. The molecule has 2 rings (SSSR count). The number of hydrogen-bond acceptors (Lipinski definition) is 5. The van der Waals surface area contributed by atoms with Crippen LogP contribution < -0.4 is 5.32 Å². The van der Waals surface area contributed by atoms with E-state index in [4.69, 9.17) is 0 Å². The minimum atomic E-state index is -0.124. The third-order valence-corrected chi connectivity index (χ3v) is 5.43. The Morgan fingerprint density at radius 1 is 1.61 bits per heavy atom. The van der Waals surface area contributed by atoms with Crippen LogP contribution in [-0.2, 0) is 9.53 Å². The van der Waals surface area contributed by atoms with Crippen molar-refractivity contribution in [3.8, 4) is 0 Å². The molecule has 2 heterocycles. The Morgan fingerprint density at radius 3 is 3.22 bits per heavy atom. The van der Waals surface area contributed by atoms with Crippen LogP contribution in [0.15, 0.2) is 15.7 Å². The highest BCUT2D eigenvalue weighted by atomic mass is 32.2. The zero-order valence-electron chi connectivity index (χ0n) is 10.8. The van der Waals surface area contributed by atoms with Crippen LogP contribution in [0.1, 0.15) is 37.8 Å². The van der Waals surface area contributed by atoms with Crippen LogP contribution in [0.25, 0.3) is 0 Å². The van der Waals surface area contributed by atoms with Crippen LogP contribution in [0.4, 0.5) is 0 Å². The normalized spacial score (nSPS) is 22.6. The lowest BCUT2D eigenvalue weighted by Crippen LogP contribution is -2.27. The number of rotatable bonds is 5. The van der Waals surface area contributed by atoms with Gasteiger partial charge in [0.15, 0.2) is 0 Å². The van der Waals surface area contributed by atoms with Gasteiger partial charge in [-0.25, -0.2) is 0 Å². The maximum atomic E-state index is 11.0. The maximum Gasteiger partial charge on any atom is 0.305 e. The third-order valence-electron chi connectivity index (χ3n) is 3.09. The fourth-order valence-electron chi connectivity index (χ4n) is 2.15. The summed E-state index contributed by atoms with van der Waals surface area (Å²) in [5, 5.41) is 6.39. The molecule has 1 aliphatic heterocycles. The SMILES string of the molecule is COC(=O)CCCNC1C[C@H](C)Sc2sccc21. The van der Waals surface area contributed by atoms with E-state index in [2.05, 4.69) is 28.4 Å². The fraction of sp³-hybridized carbons (Fsp3) is 0.615. The second-order valence-corrected chi connectivity index (χ2v) is 7.14. The molecule has 5 heteroatoms. The summed E-state index contributed by atoms with van der Waals surface area (Å²) in [7, 11) is 1.44. The molecule has 0 saturated heterocycles. The number of nitrogens with one attached hydrogen (secondary N) is 1. The number of thioether (sulfide) groups is 1. The molecule has 0 bridgehead atoms. The molecule has 3 nitrogen and oxygen atoms in total. The van der Waals surface area contributed by atoms with Crippen molar-refractivity contribution < 1.29 is 9.53 Å². The topological polar surface area (TPSA) is 38.3 Å². The van der Waals surface area contributed by atoms with E-state index in [-0.39, 0.29) is 5.97 Å². The highest BCUT2D eigenvalue weighted by Crippen LogP contribution is 2.43. The molecule has 0 fully saturated rings. The molecular weight excluding hydrogens is 266 g/mol. The van der Waals surface area contributed by atoms with Crippen LogP contribution in [0.2, 0.25) is 0 Å². The van der Waals surface area contributed by atoms with E-state index >= 15 is 0 Å². The minimum absolute atomic E-state index is 0.124. The maximum absolute atomic E-state index is 11.0. The summed E-state index contributed by atoms with van der Waals surface area (Å²) < 4.78 is 6.08. The number of ether oxygens (including phenoxy) is 1. The van der Waals surface area contributed by atoms with Gasteiger partial charge in [-0.2, -0.15) is 0 Å². The summed E-state index contributed by atoms with van der Waals surface area (Å²) in [5.41, 5.74) is 1.43. The minimum Gasteiger partial charge on any atom is -0.469 e. The Labute approximate surface area is 116 Å². The summed E-state index contributed by atoms with van der Waals surface area (Å²) >= 11 is 3.80. The van der Waals surface area contributed by atoms with Crippen molar-refractivity contribution in [2.75, 3.05) is 13.7 Å². The molecule has 0 amide bonds. The van der Waals surface area contributed by atoms with E-state index in [1.54, 1.807) is 0 Å². The highest BCUT2D eigenvalue weighted by Gasteiger charge is 2.25. The molecule has 0 spiro atoms. The average Bonchev–Trinajstić information content (AvgIpc) is 2.81. The van der Waals surface area contributed by atoms with E-state index in [0.717, 1.165) is 19.4 Å². The summed E-state index contributed by atoms with van der Waals surface area (Å²) in [6, 6.07) is 2.66. The Morgan fingerprint density at radius 2 is 2.44 bits per heavy atom. The molecular formula is C13H19NO2S2. The van der Waals surface area contributed by atoms with E-state index in [0.29, 0.717) is 17.7 Å². The van der Waals surface area contributed by atoms with Gasteiger partial charge in [-0.05, 0) is 36.4 Å². The van der Waals surface area contributed by atoms with Gasteiger partial charge in [0.1, 0.15) is 0 Å². The van der Waals surface area contributed by atoms with Gasteiger partial charge in [0.25, 0.3) is 0 Å². The van der Waals surface area contributed by atoms with Gasteiger partial charge in [-0.15, -0.1) is 23.1 Å². The van der Waals surface area contributed by atoms with Crippen molar-refractivity contribution in [1.82, 2.24) is 5.32 Å². The molecule has 0 aromatic carbocycles. The molecule has 18 heavy (non-hydrogen) atoms. The van der Waals surface area contributed by atoms with Crippen molar-refractivity contribution in [3.05, 3.63) is 17.0 Å². The van der Waals surface area contributed by atoms with Gasteiger partial charge in [0.2, 0.25) is 0 Å². The van der Waals surface area contributed by atoms with E-state index in [1.165, 1.54) is 16.9 Å². The second-order valence-electron chi connectivity index (χ2n) is 4.51. The largest absolute Gasteiger partial charge is 0.469 e. The predicted octanol–water partition coefficient (Wildman–Crippen LogP) is 3.22. The molecule has 1 aromatic rings. The van der Waals surface area contributed by atoms with Gasteiger partial charge in [-0.3, -0.25) is 4.79 Å². The lowest BCUT2D eigenvalue weighted by molar-refractivity contribution is -0.140. The fourth-order valence-corrected chi connectivity index (χ4v) is 4.72. The first kappa shape index (κ1) is 13.9. The predicted molar refractivity (Wildman–Crippen MR) is 76.2 cm³/mol. The number of fused-ring (bicyclic) bond motifs is 1. The molecule has 1 unspecified atom stereocenters. The third kappa shape index (κ3) is 3.49. The quantitative estimate of drug-likeness (QED) is 0.666. The van der Waals surface area contributed by atoms with Crippen LogP contribution in [0.3, 0.4) is 0 Å². The van der Waals surface area contributed by atoms with Gasteiger partial charge in [0.05, 0.1) is 11.3 Å². The first-order chi connectivity index (χ1) is 8.70. The summed E-state index contributed by atoms with van der Waals surface area (Å²) in [6.07, 6.45) is 2.49. The lowest BCUT2D eigenvalue weighted by Gasteiger charge is -2.27. The summed E-state index contributed by atoms with van der Waals surface area (Å²) in [4.78, 5) is 11.0. The number of methoxy groups -OCH3 is 1. The van der Waals surface area contributed by atoms with Crippen LogP contribution >= 0.6 is 23.1 Å². The van der Waals surface area contributed by atoms with E-state index in [9.17, 15) is 4.79 Å². The highest BCUT2D eigenvalue weighted by molar-refractivity contribution is 8.01. The Kier molecular flexibility index (Phi) is 5.09. The monoisotopic (exact) mass is 285 g/mol. The zero-order chi connectivity index (χ0) is 13.0. The van der Waals surface area contributed by atoms with Gasteiger partial charge >= 0.3 is 5.97 Å². The first-order valence-corrected chi connectivity index (χ1v) is 8.01. The molecule has 100 valence electrons. The standard InChI is InChI=1S/C13H19NO2S2/c1-9-8-11(10-5-7-17-13(10)18-9)14-6-3-4-12(15)16-2/h5,7,9,11,14H,3-4,6,8H2,1-2H3/t9-,11?/m0/s1. The zero-order valence-corrected chi connectivity index (χ0v) is 12.4. The lowest BCUT2D eigenvalue weighted by atomic mass is 10.0. The molecule has 1 aromatic heterocycles.